The number of aryl methyl sites for hydroxylation is 3. The Balaban J connectivity index is 2.35. The second kappa shape index (κ2) is 4.61. The molecular formula is C12H19N5. The Kier molecular flexibility index (Phi) is 3.17. The SMILES string of the molecule is CCNc1c(Cn2ccnc2C)c(C)nn1C. The largest absolute Gasteiger partial charge is 0.370 e. The van der Waals surface area contributed by atoms with Gasteiger partial charge >= 0.3 is 0 Å². The molecule has 5 nitrogen and oxygen atoms in total. The molecule has 0 spiro atoms. The van der Waals surface area contributed by atoms with E-state index in [4.69, 9.17) is 0 Å². The molecule has 0 saturated heterocycles. The van der Waals surface area contributed by atoms with Crippen molar-refractivity contribution in [1.29, 1.82) is 0 Å². The van der Waals surface area contributed by atoms with Gasteiger partial charge in [-0.3, -0.25) is 4.68 Å². The highest BCUT2D eigenvalue weighted by Crippen LogP contribution is 2.20. The molecule has 2 aromatic heterocycles. The van der Waals surface area contributed by atoms with Crippen LogP contribution in [0.3, 0.4) is 0 Å². The molecule has 5 heteroatoms. The number of hydrogen-bond donors (Lipinski definition) is 1. The molecule has 0 saturated carbocycles. The highest BCUT2D eigenvalue weighted by molar-refractivity contribution is 5.47. The summed E-state index contributed by atoms with van der Waals surface area (Å²) in [6.45, 7) is 7.86. The molecule has 0 unspecified atom stereocenters. The number of nitrogens with one attached hydrogen (secondary N) is 1. The molecule has 2 heterocycles. The summed E-state index contributed by atoms with van der Waals surface area (Å²) in [6, 6.07) is 0. The van der Waals surface area contributed by atoms with Gasteiger partial charge in [-0.1, -0.05) is 0 Å². The summed E-state index contributed by atoms with van der Waals surface area (Å²) in [5, 5.41) is 7.82. The summed E-state index contributed by atoms with van der Waals surface area (Å²) in [5.74, 6) is 2.12. The van der Waals surface area contributed by atoms with E-state index in [1.54, 1.807) is 0 Å². The molecule has 0 aliphatic rings. The van der Waals surface area contributed by atoms with Gasteiger partial charge < -0.3 is 9.88 Å². The third-order valence-corrected chi connectivity index (χ3v) is 2.94. The van der Waals surface area contributed by atoms with E-state index in [0.29, 0.717) is 0 Å². The van der Waals surface area contributed by atoms with Crippen LogP contribution in [-0.2, 0) is 13.6 Å². The molecule has 0 fully saturated rings. The van der Waals surface area contributed by atoms with E-state index in [-0.39, 0.29) is 0 Å². The summed E-state index contributed by atoms with van der Waals surface area (Å²) >= 11 is 0. The molecule has 2 aromatic rings. The lowest BCUT2D eigenvalue weighted by atomic mass is 10.2. The van der Waals surface area contributed by atoms with Gasteiger partial charge in [0.05, 0.1) is 12.2 Å². The van der Waals surface area contributed by atoms with Crippen LogP contribution in [0, 0.1) is 13.8 Å². The first-order valence-corrected chi connectivity index (χ1v) is 5.87. The minimum atomic E-state index is 0.813. The van der Waals surface area contributed by atoms with Crippen LogP contribution in [-0.4, -0.2) is 25.9 Å². The Morgan fingerprint density at radius 1 is 1.35 bits per heavy atom. The Morgan fingerprint density at radius 3 is 2.71 bits per heavy atom. The van der Waals surface area contributed by atoms with E-state index in [1.165, 1.54) is 5.56 Å². The fraction of sp³-hybridized carbons (Fsp3) is 0.500. The van der Waals surface area contributed by atoms with Crippen molar-refractivity contribution in [3.05, 3.63) is 29.5 Å². The van der Waals surface area contributed by atoms with Crippen molar-refractivity contribution < 1.29 is 0 Å². The van der Waals surface area contributed by atoms with Gasteiger partial charge in [0, 0.05) is 31.5 Å². The predicted octanol–water partition coefficient (Wildman–Crippen LogP) is 1.71. The molecule has 0 aromatic carbocycles. The topological polar surface area (TPSA) is 47.7 Å². The van der Waals surface area contributed by atoms with E-state index in [1.807, 2.05) is 38.0 Å². The van der Waals surface area contributed by atoms with Gasteiger partial charge in [-0.05, 0) is 20.8 Å². The van der Waals surface area contributed by atoms with E-state index in [0.717, 1.165) is 30.4 Å². The van der Waals surface area contributed by atoms with Crippen molar-refractivity contribution in [3.63, 3.8) is 0 Å². The van der Waals surface area contributed by atoms with E-state index < -0.39 is 0 Å². The quantitative estimate of drug-likeness (QED) is 0.874. The predicted molar refractivity (Wildman–Crippen MR) is 68.2 cm³/mol. The Labute approximate surface area is 101 Å². The highest BCUT2D eigenvalue weighted by Gasteiger charge is 2.13. The number of hydrogen-bond acceptors (Lipinski definition) is 3. The average Bonchev–Trinajstić information content (AvgIpc) is 2.78. The van der Waals surface area contributed by atoms with E-state index >= 15 is 0 Å². The van der Waals surface area contributed by atoms with Gasteiger partial charge in [0.25, 0.3) is 0 Å². The molecule has 0 aliphatic heterocycles. The molecular weight excluding hydrogens is 214 g/mol. The van der Waals surface area contributed by atoms with Crippen LogP contribution in [0.5, 0.6) is 0 Å². The Morgan fingerprint density at radius 2 is 2.12 bits per heavy atom. The summed E-state index contributed by atoms with van der Waals surface area (Å²) in [5.41, 5.74) is 2.30. The first-order valence-electron chi connectivity index (χ1n) is 5.87. The Hall–Kier alpha value is -1.78. The van der Waals surface area contributed by atoms with Crippen LogP contribution in [0.25, 0.3) is 0 Å². The Bertz CT molecular complexity index is 509. The molecule has 17 heavy (non-hydrogen) atoms. The third-order valence-electron chi connectivity index (χ3n) is 2.94. The monoisotopic (exact) mass is 233 g/mol. The smallest absolute Gasteiger partial charge is 0.129 e. The van der Waals surface area contributed by atoms with Crippen molar-refractivity contribution in [2.24, 2.45) is 7.05 Å². The van der Waals surface area contributed by atoms with Crippen LogP contribution >= 0.6 is 0 Å². The molecule has 2 rings (SSSR count). The standard InChI is InChI=1S/C12H19N5/c1-5-13-12-11(9(2)15-16(12)4)8-17-7-6-14-10(17)3/h6-7,13H,5,8H2,1-4H3. The van der Waals surface area contributed by atoms with Crippen LogP contribution < -0.4 is 5.32 Å². The number of imidazole rings is 1. The van der Waals surface area contributed by atoms with Crippen LogP contribution in [0.2, 0.25) is 0 Å². The van der Waals surface area contributed by atoms with Gasteiger partial charge in [-0.25, -0.2) is 4.98 Å². The van der Waals surface area contributed by atoms with Crippen LogP contribution in [0.15, 0.2) is 12.4 Å². The minimum absolute atomic E-state index is 0.813. The number of nitrogens with zero attached hydrogens (tertiary/aromatic N) is 4. The second-order valence-corrected chi connectivity index (χ2v) is 4.17. The maximum Gasteiger partial charge on any atom is 0.129 e. The van der Waals surface area contributed by atoms with Crippen molar-refractivity contribution in [3.8, 4) is 0 Å². The lowest BCUT2D eigenvalue weighted by molar-refractivity contribution is 0.754. The number of aromatic nitrogens is 4. The molecule has 0 atom stereocenters. The summed E-state index contributed by atoms with van der Waals surface area (Å²) in [6.07, 6.45) is 3.82. The summed E-state index contributed by atoms with van der Waals surface area (Å²) < 4.78 is 4.03. The minimum Gasteiger partial charge on any atom is -0.370 e. The molecule has 92 valence electrons. The van der Waals surface area contributed by atoms with E-state index in [9.17, 15) is 0 Å². The molecule has 0 aliphatic carbocycles. The first-order chi connectivity index (χ1) is 8.13. The van der Waals surface area contributed by atoms with Crippen LogP contribution in [0.4, 0.5) is 5.82 Å². The second-order valence-electron chi connectivity index (χ2n) is 4.17. The van der Waals surface area contributed by atoms with Crippen molar-refractivity contribution in [2.75, 3.05) is 11.9 Å². The van der Waals surface area contributed by atoms with Crippen LogP contribution in [0.1, 0.15) is 24.0 Å². The highest BCUT2D eigenvalue weighted by atomic mass is 15.3. The summed E-state index contributed by atoms with van der Waals surface area (Å²) in [7, 11) is 1.97. The zero-order valence-electron chi connectivity index (χ0n) is 10.9. The van der Waals surface area contributed by atoms with Crippen molar-refractivity contribution >= 4 is 5.82 Å². The fourth-order valence-corrected chi connectivity index (χ4v) is 2.02. The van der Waals surface area contributed by atoms with Gasteiger partial charge in [-0.15, -0.1) is 0 Å². The zero-order chi connectivity index (χ0) is 12.4. The molecule has 1 N–H and O–H groups in total. The molecule has 0 amide bonds. The number of anilines is 1. The molecule has 0 radical (unpaired) electrons. The third kappa shape index (κ3) is 2.18. The van der Waals surface area contributed by atoms with Gasteiger partial charge in [0.15, 0.2) is 0 Å². The van der Waals surface area contributed by atoms with E-state index in [2.05, 4.69) is 26.9 Å². The molecule has 0 bridgehead atoms. The normalized spacial score (nSPS) is 10.8. The zero-order valence-corrected chi connectivity index (χ0v) is 10.9. The van der Waals surface area contributed by atoms with Crippen molar-refractivity contribution in [2.45, 2.75) is 27.3 Å². The number of rotatable bonds is 4. The lowest BCUT2D eigenvalue weighted by Gasteiger charge is -2.09. The first kappa shape index (κ1) is 11.7. The summed E-state index contributed by atoms with van der Waals surface area (Å²) in [4.78, 5) is 4.24. The average molecular weight is 233 g/mol. The maximum atomic E-state index is 4.46. The van der Waals surface area contributed by atoms with Gasteiger partial charge in [0.2, 0.25) is 0 Å². The fourth-order valence-electron chi connectivity index (χ4n) is 2.02. The van der Waals surface area contributed by atoms with Gasteiger partial charge in [-0.2, -0.15) is 5.10 Å². The van der Waals surface area contributed by atoms with Crippen molar-refractivity contribution in [1.82, 2.24) is 19.3 Å². The maximum absolute atomic E-state index is 4.46. The van der Waals surface area contributed by atoms with Gasteiger partial charge in [0.1, 0.15) is 11.6 Å². The lowest BCUT2D eigenvalue weighted by Crippen LogP contribution is -2.08.